The Kier molecular flexibility index (Phi) is 6.26. The molecule has 2 aliphatic heterocycles. The Morgan fingerprint density at radius 2 is 1.59 bits per heavy atom. The predicted octanol–water partition coefficient (Wildman–Crippen LogP) is 5.26. The van der Waals surface area contributed by atoms with Gasteiger partial charge in [0.15, 0.2) is 0 Å². The van der Waals surface area contributed by atoms with Crippen LogP contribution in [0.3, 0.4) is 0 Å². The zero-order valence-electron chi connectivity index (χ0n) is 17.0. The van der Waals surface area contributed by atoms with Gasteiger partial charge in [-0.3, -0.25) is 20.2 Å². The molecule has 1 N–H and O–H groups in total. The number of nitrogens with one attached hydrogen (secondary N) is 1. The van der Waals surface area contributed by atoms with Gasteiger partial charge in [-0.2, -0.15) is 0 Å². The lowest BCUT2D eigenvalue weighted by atomic mass is 9.82. The summed E-state index contributed by atoms with van der Waals surface area (Å²) in [6.07, 6.45) is 3.11. The summed E-state index contributed by atoms with van der Waals surface area (Å²) in [6.45, 7) is 0. The molecule has 0 aromatic heterocycles. The number of nitrogens with zero attached hydrogens (tertiary/aromatic N) is 3. The van der Waals surface area contributed by atoms with Gasteiger partial charge >= 0.3 is 17.5 Å². The number of hydrogen-bond donors (Lipinski definition) is 1. The van der Waals surface area contributed by atoms with E-state index in [1.54, 1.807) is 4.90 Å². The molecule has 2 heterocycles. The zero-order chi connectivity index (χ0) is 22.8. The molecule has 2 aliphatic rings. The maximum atomic E-state index is 13.1. The Morgan fingerprint density at radius 1 is 1.00 bits per heavy atom. The third-order valence-corrected chi connectivity index (χ3v) is 6.67. The first-order valence-corrected chi connectivity index (χ1v) is 11.1. The Hall–Kier alpha value is -3.21. The second-order valence-electron chi connectivity index (χ2n) is 7.95. The van der Waals surface area contributed by atoms with Crippen molar-refractivity contribution in [3.05, 3.63) is 67.2 Å². The second-order valence-corrected chi connectivity index (χ2v) is 8.80. The summed E-state index contributed by atoms with van der Waals surface area (Å²) in [6, 6.07) is 11.1. The standard InChI is InChI=1S/C21H21BrN4O6/c22-16-7-1-2-8-17(16)23-13-11-14-5-3-6-15(12-13)24(14)21(27)32-20-18(25(28)29)9-4-10-19(20)26(30)31/h1-2,4,7-10,13-15,23H,3,5-6,11-12H2. The molecule has 2 unspecified atom stereocenters. The molecule has 11 heteroatoms. The fourth-order valence-corrected chi connectivity index (χ4v) is 5.04. The number of carbonyl (C=O) groups is 1. The first-order valence-electron chi connectivity index (χ1n) is 10.3. The molecule has 2 aromatic carbocycles. The molecule has 32 heavy (non-hydrogen) atoms. The molecular weight excluding hydrogens is 484 g/mol. The lowest BCUT2D eigenvalue weighted by Crippen LogP contribution is -2.57. The number of piperidine rings is 2. The number of anilines is 1. The molecule has 0 saturated carbocycles. The van der Waals surface area contributed by atoms with Crippen LogP contribution < -0.4 is 10.1 Å². The average molecular weight is 505 g/mol. The third-order valence-electron chi connectivity index (χ3n) is 5.98. The zero-order valence-corrected chi connectivity index (χ0v) is 18.6. The molecule has 1 amide bonds. The number of ether oxygens (including phenoxy) is 1. The SMILES string of the molecule is O=C(Oc1c([N+](=O)[O-])cccc1[N+](=O)[O-])N1C2CCCC1CC(Nc1ccccc1Br)C2. The Bertz CT molecular complexity index is 1020. The van der Waals surface area contributed by atoms with Crippen LogP contribution in [0.5, 0.6) is 5.75 Å². The van der Waals surface area contributed by atoms with Crippen LogP contribution in [-0.2, 0) is 0 Å². The van der Waals surface area contributed by atoms with E-state index in [1.165, 1.54) is 6.07 Å². The molecule has 4 rings (SSSR count). The molecule has 0 aliphatic carbocycles. The minimum atomic E-state index is -0.787. The van der Waals surface area contributed by atoms with Crippen LogP contribution in [0, 0.1) is 20.2 Å². The smallest absolute Gasteiger partial charge is 0.395 e. The monoisotopic (exact) mass is 504 g/mol. The first kappa shape index (κ1) is 22.0. The van der Waals surface area contributed by atoms with E-state index in [2.05, 4.69) is 21.2 Å². The normalized spacial score (nSPS) is 22.2. The van der Waals surface area contributed by atoms with Crippen molar-refractivity contribution in [3.63, 3.8) is 0 Å². The van der Waals surface area contributed by atoms with Crippen LogP contribution >= 0.6 is 15.9 Å². The van der Waals surface area contributed by atoms with Crippen LogP contribution in [0.15, 0.2) is 46.9 Å². The quantitative estimate of drug-likeness (QED) is 0.434. The van der Waals surface area contributed by atoms with Crippen molar-refractivity contribution in [2.45, 2.75) is 50.2 Å². The van der Waals surface area contributed by atoms with Crippen LogP contribution in [0.4, 0.5) is 21.9 Å². The van der Waals surface area contributed by atoms with Crippen molar-refractivity contribution in [2.24, 2.45) is 0 Å². The van der Waals surface area contributed by atoms with Gasteiger partial charge in [0, 0.05) is 40.4 Å². The number of nitro groups is 2. The number of rotatable bonds is 5. The largest absolute Gasteiger partial charge is 0.416 e. The van der Waals surface area contributed by atoms with Gasteiger partial charge in [0.05, 0.1) is 9.85 Å². The van der Waals surface area contributed by atoms with Crippen molar-refractivity contribution >= 4 is 39.1 Å². The van der Waals surface area contributed by atoms with E-state index in [0.29, 0.717) is 12.8 Å². The van der Waals surface area contributed by atoms with Gasteiger partial charge < -0.3 is 15.0 Å². The first-order chi connectivity index (χ1) is 15.3. The summed E-state index contributed by atoms with van der Waals surface area (Å²) in [5.41, 5.74) is -0.242. The van der Waals surface area contributed by atoms with Crippen LogP contribution in [-0.4, -0.2) is 39.0 Å². The van der Waals surface area contributed by atoms with E-state index in [-0.39, 0.29) is 18.1 Å². The van der Waals surface area contributed by atoms with Gasteiger partial charge in [0.25, 0.3) is 5.75 Å². The summed E-state index contributed by atoms with van der Waals surface area (Å²) in [7, 11) is 0. The van der Waals surface area contributed by atoms with E-state index < -0.39 is 33.1 Å². The molecule has 2 atom stereocenters. The van der Waals surface area contributed by atoms with E-state index in [1.807, 2.05) is 24.3 Å². The molecule has 168 valence electrons. The maximum Gasteiger partial charge on any atom is 0.416 e. The minimum absolute atomic E-state index is 0.114. The number of halogens is 1. The highest BCUT2D eigenvalue weighted by molar-refractivity contribution is 9.10. The van der Waals surface area contributed by atoms with Gasteiger partial charge in [-0.15, -0.1) is 0 Å². The van der Waals surface area contributed by atoms with E-state index in [0.717, 1.165) is 41.6 Å². The highest BCUT2D eigenvalue weighted by atomic mass is 79.9. The fourth-order valence-electron chi connectivity index (χ4n) is 4.64. The van der Waals surface area contributed by atoms with Gasteiger partial charge in [0.1, 0.15) is 0 Å². The Labute approximate surface area is 192 Å². The number of hydrogen-bond acceptors (Lipinski definition) is 7. The highest BCUT2D eigenvalue weighted by Crippen LogP contribution is 2.40. The van der Waals surface area contributed by atoms with Crippen LogP contribution in [0.2, 0.25) is 0 Å². The van der Waals surface area contributed by atoms with Crippen LogP contribution in [0.25, 0.3) is 0 Å². The van der Waals surface area contributed by atoms with Crippen molar-refractivity contribution < 1.29 is 19.4 Å². The number of benzene rings is 2. The highest BCUT2D eigenvalue weighted by Gasteiger charge is 2.43. The molecule has 2 aromatic rings. The Balaban J connectivity index is 1.54. The van der Waals surface area contributed by atoms with Gasteiger partial charge in [0.2, 0.25) is 0 Å². The number of para-hydroxylation sites is 2. The van der Waals surface area contributed by atoms with Crippen molar-refractivity contribution in [1.82, 2.24) is 4.90 Å². The maximum absolute atomic E-state index is 13.1. The molecule has 2 fully saturated rings. The molecule has 0 radical (unpaired) electrons. The topological polar surface area (TPSA) is 128 Å². The average Bonchev–Trinajstić information content (AvgIpc) is 2.74. The molecule has 0 spiro atoms. The summed E-state index contributed by atoms with van der Waals surface area (Å²) in [4.78, 5) is 35.8. The van der Waals surface area contributed by atoms with Gasteiger partial charge in [-0.25, -0.2) is 4.79 Å². The predicted molar refractivity (Wildman–Crippen MR) is 120 cm³/mol. The number of carbonyl (C=O) groups excluding carboxylic acids is 1. The van der Waals surface area contributed by atoms with E-state index >= 15 is 0 Å². The lowest BCUT2D eigenvalue weighted by molar-refractivity contribution is -0.395. The van der Waals surface area contributed by atoms with E-state index in [9.17, 15) is 25.0 Å². The van der Waals surface area contributed by atoms with Crippen molar-refractivity contribution in [3.8, 4) is 5.75 Å². The number of amides is 1. The summed E-state index contributed by atoms with van der Waals surface area (Å²) >= 11 is 3.54. The number of fused-ring (bicyclic) bond motifs is 2. The number of nitro benzene ring substituents is 2. The van der Waals surface area contributed by atoms with Crippen LogP contribution in [0.1, 0.15) is 32.1 Å². The summed E-state index contributed by atoms with van der Waals surface area (Å²) in [5.74, 6) is -0.626. The summed E-state index contributed by atoms with van der Waals surface area (Å²) < 4.78 is 6.28. The Morgan fingerprint density at radius 3 is 2.16 bits per heavy atom. The van der Waals surface area contributed by atoms with Gasteiger partial charge in [-0.05, 0) is 66.2 Å². The fraction of sp³-hybridized carbons (Fsp3) is 0.381. The second kappa shape index (κ2) is 9.11. The van der Waals surface area contributed by atoms with Crippen molar-refractivity contribution in [2.75, 3.05) is 5.32 Å². The lowest BCUT2D eigenvalue weighted by Gasteiger charge is -2.48. The molecule has 2 bridgehead atoms. The van der Waals surface area contributed by atoms with Gasteiger partial charge in [-0.1, -0.05) is 12.1 Å². The van der Waals surface area contributed by atoms with E-state index in [4.69, 9.17) is 4.74 Å². The minimum Gasteiger partial charge on any atom is -0.395 e. The molecule has 2 saturated heterocycles. The third kappa shape index (κ3) is 4.38. The molecule has 10 nitrogen and oxygen atoms in total. The molecular formula is C21H21BrN4O6. The van der Waals surface area contributed by atoms with Crippen molar-refractivity contribution in [1.29, 1.82) is 0 Å². The summed E-state index contributed by atoms with van der Waals surface area (Å²) in [5, 5.41) is 26.3.